The molecule has 16 heavy (non-hydrogen) atoms. The maximum absolute atomic E-state index is 11.6. The zero-order valence-electron chi connectivity index (χ0n) is 9.70. The Morgan fingerprint density at radius 2 is 1.44 bits per heavy atom. The van der Waals surface area contributed by atoms with Gasteiger partial charge in [-0.2, -0.15) is 0 Å². The van der Waals surface area contributed by atoms with Crippen molar-refractivity contribution in [1.29, 1.82) is 0 Å². The topological polar surface area (TPSA) is 34.1 Å². The Balaban J connectivity index is 2.66. The molecule has 0 aliphatic rings. The lowest BCUT2D eigenvalue weighted by atomic mass is 9.78. The highest BCUT2D eigenvalue weighted by atomic mass is 16.2. The van der Waals surface area contributed by atoms with Crippen molar-refractivity contribution in [2.45, 2.75) is 26.2 Å². The molecule has 0 N–H and O–H groups in total. The van der Waals surface area contributed by atoms with E-state index in [-0.39, 0.29) is 16.3 Å². The van der Waals surface area contributed by atoms with E-state index in [1.807, 2.05) is 51.1 Å². The van der Waals surface area contributed by atoms with Crippen LogP contribution in [0, 0.1) is 0 Å². The van der Waals surface area contributed by atoms with E-state index in [0.29, 0.717) is 11.1 Å². The van der Waals surface area contributed by atoms with Gasteiger partial charge < -0.3 is 0 Å². The van der Waals surface area contributed by atoms with Crippen molar-refractivity contribution >= 4 is 0 Å². The van der Waals surface area contributed by atoms with E-state index >= 15 is 0 Å². The SMILES string of the molecule is CC(C)(C)c1c(-c2ccccc2)c(=O)c1=O. The van der Waals surface area contributed by atoms with Crippen LogP contribution in [0.4, 0.5) is 0 Å². The Kier molecular flexibility index (Phi) is 2.30. The monoisotopic (exact) mass is 214 g/mol. The fourth-order valence-corrected chi connectivity index (χ4v) is 1.99. The zero-order valence-corrected chi connectivity index (χ0v) is 9.70. The smallest absolute Gasteiger partial charge is 0.234 e. The largest absolute Gasteiger partial charge is 0.285 e. The highest BCUT2D eigenvalue weighted by Crippen LogP contribution is 2.29. The molecule has 2 aromatic carbocycles. The average Bonchev–Trinajstić information content (AvgIpc) is 2.23. The van der Waals surface area contributed by atoms with Gasteiger partial charge in [0.2, 0.25) is 10.9 Å². The molecule has 0 saturated carbocycles. The molecule has 0 bridgehead atoms. The Bertz CT molecular complexity index is 579. The summed E-state index contributed by atoms with van der Waals surface area (Å²) in [6.45, 7) is 5.86. The van der Waals surface area contributed by atoms with Gasteiger partial charge in [-0.3, -0.25) is 9.59 Å². The number of hydrogen-bond donors (Lipinski definition) is 0. The van der Waals surface area contributed by atoms with Crippen LogP contribution in [0.25, 0.3) is 11.1 Å². The molecule has 2 aromatic rings. The molecule has 2 nitrogen and oxygen atoms in total. The van der Waals surface area contributed by atoms with Crippen molar-refractivity contribution < 1.29 is 0 Å². The Hall–Kier alpha value is -1.70. The Morgan fingerprint density at radius 3 is 1.94 bits per heavy atom. The van der Waals surface area contributed by atoms with Crippen LogP contribution in [0.2, 0.25) is 0 Å². The second kappa shape index (κ2) is 3.41. The molecule has 0 radical (unpaired) electrons. The van der Waals surface area contributed by atoms with Crippen LogP contribution in [0.3, 0.4) is 0 Å². The molecular weight excluding hydrogens is 200 g/mol. The summed E-state index contributed by atoms with van der Waals surface area (Å²) in [6, 6.07) is 9.37. The van der Waals surface area contributed by atoms with Crippen LogP contribution in [-0.2, 0) is 5.41 Å². The molecule has 0 amide bonds. The van der Waals surface area contributed by atoms with E-state index in [1.165, 1.54) is 0 Å². The van der Waals surface area contributed by atoms with E-state index in [9.17, 15) is 9.59 Å². The summed E-state index contributed by atoms with van der Waals surface area (Å²) < 4.78 is 0. The van der Waals surface area contributed by atoms with Crippen LogP contribution < -0.4 is 10.9 Å². The van der Waals surface area contributed by atoms with Gasteiger partial charge in [0.25, 0.3) is 0 Å². The standard InChI is InChI=1S/C14H14O2/c1-14(2,3)11-10(12(15)13(11)16)9-7-5-4-6-8-9/h4-8H,1-3H3. The Labute approximate surface area is 94.3 Å². The minimum absolute atomic E-state index is 0.268. The van der Waals surface area contributed by atoms with Crippen LogP contribution in [0.5, 0.6) is 0 Å². The summed E-state index contributed by atoms with van der Waals surface area (Å²) in [5.74, 6) is 0. The van der Waals surface area contributed by atoms with Gasteiger partial charge in [0, 0.05) is 11.1 Å². The van der Waals surface area contributed by atoms with Gasteiger partial charge >= 0.3 is 0 Å². The third-order valence-electron chi connectivity index (χ3n) is 2.72. The molecule has 0 heterocycles. The Morgan fingerprint density at radius 1 is 0.875 bits per heavy atom. The van der Waals surface area contributed by atoms with E-state index in [4.69, 9.17) is 0 Å². The van der Waals surface area contributed by atoms with E-state index in [2.05, 4.69) is 0 Å². The quantitative estimate of drug-likeness (QED) is 0.682. The van der Waals surface area contributed by atoms with E-state index in [1.54, 1.807) is 0 Å². The number of rotatable bonds is 1. The predicted molar refractivity (Wildman–Crippen MR) is 65.5 cm³/mol. The number of benzene rings is 1. The van der Waals surface area contributed by atoms with Gasteiger partial charge in [0.15, 0.2) is 0 Å². The second-order valence-corrected chi connectivity index (χ2v) is 5.02. The first kappa shape index (κ1) is 10.8. The lowest BCUT2D eigenvalue weighted by Crippen LogP contribution is -2.42. The van der Waals surface area contributed by atoms with E-state index in [0.717, 1.165) is 5.56 Å². The molecule has 0 spiro atoms. The summed E-state index contributed by atoms with van der Waals surface area (Å²) in [7, 11) is 0. The summed E-state index contributed by atoms with van der Waals surface area (Å²) in [6.07, 6.45) is 0. The van der Waals surface area contributed by atoms with Crippen molar-refractivity contribution in [3.63, 3.8) is 0 Å². The fraction of sp³-hybridized carbons (Fsp3) is 0.286. The average molecular weight is 214 g/mol. The van der Waals surface area contributed by atoms with Gasteiger partial charge in [0.05, 0.1) is 0 Å². The maximum atomic E-state index is 11.6. The van der Waals surface area contributed by atoms with Gasteiger partial charge in [-0.1, -0.05) is 51.1 Å². The van der Waals surface area contributed by atoms with Crippen molar-refractivity contribution in [1.82, 2.24) is 0 Å². The second-order valence-electron chi connectivity index (χ2n) is 5.02. The van der Waals surface area contributed by atoms with Gasteiger partial charge in [0.1, 0.15) is 0 Å². The summed E-state index contributed by atoms with van der Waals surface area (Å²) in [5, 5.41) is 0. The van der Waals surface area contributed by atoms with Gasteiger partial charge in [-0.15, -0.1) is 0 Å². The molecule has 82 valence electrons. The molecular formula is C14H14O2. The molecule has 0 unspecified atom stereocenters. The molecule has 0 aliphatic carbocycles. The summed E-state index contributed by atoms with van der Waals surface area (Å²) in [4.78, 5) is 23.2. The molecule has 2 rings (SSSR count). The highest BCUT2D eigenvalue weighted by molar-refractivity contribution is 5.71. The van der Waals surface area contributed by atoms with E-state index < -0.39 is 0 Å². The van der Waals surface area contributed by atoms with Gasteiger partial charge in [-0.05, 0) is 11.0 Å². The maximum Gasteiger partial charge on any atom is 0.234 e. The van der Waals surface area contributed by atoms with Crippen molar-refractivity contribution in [3.8, 4) is 11.1 Å². The minimum Gasteiger partial charge on any atom is -0.285 e. The first-order valence-corrected chi connectivity index (χ1v) is 5.32. The lowest BCUT2D eigenvalue weighted by molar-refractivity contribution is 0.580. The normalized spacial score (nSPS) is 11.9. The lowest BCUT2D eigenvalue weighted by Gasteiger charge is -2.23. The molecule has 2 heteroatoms. The first-order valence-electron chi connectivity index (χ1n) is 5.32. The van der Waals surface area contributed by atoms with Crippen molar-refractivity contribution in [3.05, 3.63) is 56.3 Å². The minimum atomic E-state index is -0.351. The van der Waals surface area contributed by atoms with Gasteiger partial charge in [-0.25, -0.2) is 0 Å². The third-order valence-corrected chi connectivity index (χ3v) is 2.72. The van der Waals surface area contributed by atoms with Crippen LogP contribution >= 0.6 is 0 Å². The first-order chi connectivity index (χ1) is 7.43. The van der Waals surface area contributed by atoms with Crippen molar-refractivity contribution in [2.24, 2.45) is 0 Å². The van der Waals surface area contributed by atoms with Crippen LogP contribution in [0.15, 0.2) is 39.9 Å². The molecule has 0 fully saturated rings. The highest BCUT2D eigenvalue weighted by Gasteiger charge is 2.30. The van der Waals surface area contributed by atoms with Crippen LogP contribution in [-0.4, -0.2) is 0 Å². The predicted octanol–water partition coefficient (Wildman–Crippen LogP) is 2.25. The summed E-state index contributed by atoms with van der Waals surface area (Å²) >= 11 is 0. The zero-order chi connectivity index (χ0) is 11.9. The third kappa shape index (κ3) is 1.51. The van der Waals surface area contributed by atoms with Crippen LogP contribution in [0.1, 0.15) is 26.3 Å². The molecule has 0 atom stereocenters. The fourth-order valence-electron chi connectivity index (χ4n) is 1.99. The molecule has 0 saturated heterocycles. The summed E-state index contributed by atoms with van der Waals surface area (Å²) in [5.41, 5.74) is 1.15. The van der Waals surface area contributed by atoms with Crippen molar-refractivity contribution in [2.75, 3.05) is 0 Å². The molecule has 0 aliphatic heterocycles. The molecule has 0 aromatic heterocycles. The number of hydrogen-bond acceptors (Lipinski definition) is 2.